The number of nitrogens with zero attached hydrogens (tertiary/aromatic N) is 2. The summed E-state index contributed by atoms with van der Waals surface area (Å²) in [4.78, 5) is 28.3. The zero-order valence-corrected chi connectivity index (χ0v) is 20.5. The highest BCUT2D eigenvalue weighted by Crippen LogP contribution is 2.32. The Morgan fingerprint density at radius 2 is 1.91 bits per heavy atom. The summed E-state index contributed by atoms with van der Waals surface area (Å²) in [6, 6.07) is 7.66. The van der Waals surface area contributed by atoms with Crippen molar-refractivity contribution in [1.29, 1.82) is 0 Å². The van der Waals surface area contributed by atoms with Crippen LogP contribution in [0.15, 0.2) is 35.9 Å². The number of carbonyl (C=O) groups excluding carboxylic acids is 2. The molecule has 1 aromatic carbocycles. The molecule has 0 spiro atoms. The number of thiol groups is 1. The van der Waals surface area contributed by atoms with Crippen LogP contribution in [-0.4, -0.2) is 68.7 Å². The Morgan fingerprint density at radius 3 is 2.50 bits per heavy atom. The summed E-state index contributed by atoms with van der Waals surface area (Å²) in [7, 11) is 5.05. The highest BCUT2D eigenvalue weighted by Gasteiger charge is 2.28. The van der Waals surface area contributed by atoms with Crippen LogP contribution in [0.2, 0.25) is 0 Å². The van der Waals surface area contributed by atoms with Gasteiger partial charge in [0, 0.05) is 45.2 Å². The van der Waals surface area contributed by atoms with Gasteiger partial charge < -0.3 is 24.0 Å². The third-order valence-electron chi connectivity index (χ3n) is 5.63. The number of hydrogen-bond acceptors (Lipinski definition) is 6. The molecular formula is C24H36N2O5S. The normalized spacial score (nSPS) is 16.2. The van der Waals surface area contributed by atoms with Crippen LogP contribution in [0.5, 0.6) is 5.75 Å². The van der Waals surface area contributed by atoms with E-state index >= 15 is 0 Å². The first-order valence-corrected chi connectivity index (χ1v) is 11.4. The molecule has 2 amide bonds. The van der Waals surface area contributed by atoms with E-state index in [1.165, 1.54) is 4.90 Å². The van der Waals surface area contributed by atoms with Gasteiger partial charge in [0.25, 0.3) is 0 Å². The second kappa shape index (κ2) is 12.9. The number of para-hydroxylation sites is 1. The Hall–Kier alpha value is -2.03. The Labute approximate surface area is 197 Å². The summed E-state index contributed by atoms with van der Waals surface area (Å²) >= 11 is 4.38. The van der Waals surface area contributed by atoms with Gasteiger partial charge >= 0.3 is 0 Å². The van der Waals surface area contributed by atoms with Crippen molar-refractivity contribution < 1.29 is 23.8 Å². The van der Waals surface area contributed by atoms with E-state index in [2.05, 4.69) is 19.2 Å². The van der Waals surface area contributed by atoms with E-state index in [-0.39, 0.29) is 36.8 Å². The van der Waals surface area contributed by atoms with Crippen molar-refractivity contribution in [2.45, 2.75) is 44.8 Å². The van der Waals surface area contributed by atoms with Gasteiger partial charge in [0.05, 0.1) is 24.8 Å². The fraction of sp³-hybridized carbons (Fsp3) is 0.583. The first-order chi connectivity index (χ1) is 15.2. The van der Waals surface area contributed by atoms with Crippen molar-refractivity contribution in [2.24, 2.45) is 5.92 Å². The van der Waals surface area contributed by atoms with Gasteiger partial charge in [-0.1, -0.05) is 31.7 Å². The lowest BCUT2D eigenvalue weighted by molar-refractivity contribution is -0.135. The molecule has 1 fully saturated rings. The molecule has 1 aliphatic heterocycles. The summed E-state index contributed by atoms with van der Waals surface area (Å²) in [6.07, 6.45) is 1.88. The van der Waals surface area contributed by atoms with Crippen molar-refractivity contribution in [1.82, 2.24) is 9.80 Å². The molecule has 0 aromatic heterocycles. The van der Waals surface area contributed by atoms with Crippen molar-refractivity contribution in [3.63, 3.8) is 0 Å². The zero-order chi connectivity index (χ0) is 23.7. The minimum absolute atomic E-state index is 0.00352. The molecule has 1 saturated heterocycles. The predicted octanol–water partition coefficient (Wildman–Crippen LogP) is 3.67. The molecule has 1 aliphatic rings. The van der Waals surface area contributed by atoms with E-state index in [4.69, 9.17) is 14.2 Å². The maximum Gasteiger partial charge on any atom is 0.227 e. The number of hydrogen-bond donors (Lipinski definition) is 1. The molecule has 0 bridgehead atoms. The summed E-state index contributed by atoms with van der Waals surface area (Å²) in [5, 5.41) is 0.345. The minimum Gasteiger partial charge on any atom is -0.496 e. The third kappa shape index (κ3) is 7.53. The average Bonchev–Trinajstić information content (AvgIpc) is 2.79. The Bertz CT molecular complexity index is 779. The number of methoxy groups -OCH3 is 1. The fourth-order valence-electron chi connectivity index (χ4n) is 3.75. The van der Waals surface area contributed by atoms with Gasteiger partial charge in [0.2, 0.25) is 11.8 Å². The predicted molar refractivity (Wildman–Crippen MR) is 128 cm³/mol. The van der Waals surface area contributed by atoms with E-state index in [9.17, 15) is 9.59 Å². The molecule has 0 aliphatic carbocycles. The standard InChI is InChI=1S/C24H36N2O5S/c1-17(24(28)25(3)4)10-11-23(27)26(18(2)32)16-22(31-19-12-14-30-15-13-19)20-8-6-7-9-21(20)29-5/h6-9,17,19,22,32H,2,10-16H2,1,3-5H3/t17-,22-/m0/s1. The van der Waals surface area contributed by atoms with Gasteiger partial charge in [-0.2, -0.15) is 0 Å². The Kier molecular flexibility index (Phi) is 10.5. The summed E-state index contributed by atoms with van der Waals surface area (Å²) in [5.74, 6) is 0.321. The SMILES string of the molecule is C=C(S)N(C[C@H](OC1CCOCC1)c1ccccc1OC)C(=O)CC[C@H](C)C(=O)N(C)C. The van der Waals surface area contributed by atoms with Crippen molar-refractivity contribution in [3.8, 4) is 5.75 Å². The second-order valence-electron chi connectivity index (χ2n) is 8.27. The van der Waals surface area contributed by atoms with Crippen LogP contribution in [-0.2, 0) is 19.1 Å². The fourth-order valence-corrected chi connectivity index (χ4v) is 3.94. The van der Waals surface area contributed by atoms with Crippen molar-refractivity contribution in [3.05, 3.63) is 41.4 Å². The molecule has 1 heterocycles. The Balaban J connectivity index is 2.18. The largest absolute Gasteiger partial charge is 0.496 e. The van der Waals surface area contributed by atoms with E-state index in [0.717, 1.165) is 18.4 Å². The quantitative estimate of drug-likeness (QED) is 0.506. The van der Waals surface area contributed by atoms with Gasteiger partial charge in [-0.3, -0.25) is 9.59 Å². The number of carbonyl (C=O) groups is 2. The van der Waals surface area contributed by atoms with Gasteiger partial charge in [-0.25, -0.2) is 0 Å². The van der Waals surface area contributed by atoms with E-state index < -0.39 is 6.10 Å². The lowest BCUT2D eigenvalue weighted by Crippen LogP contribution is -2.36. The third-order valence-corrected chi connectivity index (χ3v) is 5.87. The summed E-state index contributed by atoms with van der Waals surface area (Å²) < 4.78 is 17.5. The Morgan fingerprint density at radius 1 is 1.25 bits per heavy atom. The van der Waals surface area contributed by atoms with Crippen molar-refractivity contribution >= 4 is 24.4 Å². The van der Waals surface area contributed by atoms with E-state index in [0.29, 0.717) is 30.4 Å². The average molecular weight is 465 g/mol. The molecular weight excluding hydrogens is 428 g/mol. The zero-order valence-electron chi connectivity index (χ0n) is 19.6. The van der Waals surface area contributed by atoms with Gasteiger partial charge in [0.15, 0.2) is 0 Å². The molecule has 1 aromatic rings. The first-order valence-electron chi connectivity index (χ1n) is 11.0. The molecule has 0 N–H and O–H groups in total. The number of benzene rings is 1. The van der Waals surface area contributed by atoms with Crippen LogP contribution in [0.4, 0.5) is 0 Å². The summed E-state index contributed by atoms with van der Waals surface area (Å²) in [6.45, 7) is 7.30. The van der Waals surface area contributed by atoms with Crippen LogP contribution < -0.4 is 4.74 Å². The van der Waals surface area contributed by atoms with Crippen LogP contribution in [0.25, 0.3) is 0 Å². The molecule has 8 heteroatoms. The molecule has 178 valence electrons. The van der Waals surface area contributed by atoms with Gasteiger partial charge in [-0.15, -0.1) is 12.6 Å². The van der Waals surface area contributed by atoms with Crippen LogP contribution in [0.3, 0.4) is 0 Å². The molecule has 32 heavy (non-hydrogen) atoms. The number of ether oxygens (including phenoxy) is 3. The maximum absolute atomic E-state index is 13.1. The van der Waals surface area contributed by atoms with E-state index in [1.54, 1.807) is 26.1 Å². The highest BCUT2D eigenvalue weighted by atomic mass is 32.1. The molecule has 0 radical (unpaired) electrons. The van der Waals surface area contributed by atoms with Crippen LogP contribution in [0.1, 0.15) is 44.3 Å². The lowest BCUT2D eigenvalue weighted by atomic mass is 10.0. The molecule has 7 nitrogen and oxygen atoms in total. The van der Waals surface area contributed by atoms with Gasteiger partial charge in [0.1, 0.15) is 11.9 Å². The van der Waals surface area contributed by atoms with Crippen LogP contribution in [0, 0.1) is 5.92 Å². The summed E-state index contributed by atoms with van der Waals surface area (Å²) in [5.41, 5.74) is 0.866. The second-order valence-corrected chi connectivity index (χ2v) is 8.79. The van der Waals surface area contributed by atoms with Crippen LogP contribution >= 0.6 is 12.6 Å². The van der Waals surface area contributed by atoms with E-state index in [1.807, 2.05) is 31.2 Å². The first kappa shape index (κ1) is 26.2. The monoisotopic (exact) mass is 464 g/mol. The number of amides is 2. The van der Waals surface area contributed by atoms with Gasteiger partial charge in [-0.05, 0) is 25.3 Å². The highest BCUT2D eigenvalue weighted by molar-refractivity contribution is 7.84. The molecule has 0 unspecified atom stereocenters. The smallest absolute Gasteiger partial charge is 0.227 e. The lowest BCUT2D eigenvalue weighted by Gasteiger charge is -2.32. The molecule has 2 rings (SSSR count). The molecule has 0 saturated carbocycles. The molecule has 2 atom stereocenters. The number of rotatable bonds is 11. The topological polar surface area (TPSA) is 68.3 Å². The van der Waals surface area contributed by atoms with Crippen molar-refractivity contribution in [2.75, 3.05) is 41.0 Å². The minimum atomic E-state index is -0.414. The maximum atomic E-state index is 13.1.